The lowest BCUT2D eigenvalue weighted by Crippen LogP contribution is -2.14. The molecule has 2 aromatic carbocycles. The molecular weight excluding hydrogens is 355 g/mol. The van der Waals surface area contributed by atoms with Crippen LogP contribution in [0.5, 0.6) is 0 Å². The summed E-state index contributed by atoms with van der Waals surface area (Å²) in [6, 6.07) is 16.5. The number of benzene rings is 2. The van der Waals surface area contributed by atoms with Crippen molar-refractivity contribution in [2.75, 3.05) is 17.2 Å². The zero-order chi connectivity index (χ0) is 18.4. The fraction of sp³-hybridized carbons (Fsp3) is 0.105. The monoisotopic (exact) mass is 370 g/mol. The van der Waals surface area contributed by atoms with E-state index < -0.39 is 0 Å². The Labute approximate surface area is 155 Å². The number of anilines is 2. The molecule has 1 aromatic heterocycles. The van der Waals surface area contributed by atoms with Crippen LogP contribution in [0, 0.1) is 5.82 Å². The molecule has 0 saturated carbocycles. The first-order valence-corrected chi connectivity index (χ1v) is 8.37. The van der Waals surface area contributed by atoms with Gasteiger partial charge in [0.25, 0.3) is 5.91 Å². The summed E-state index contributed by atoms with van der Waals surface area (Å²) in [5.74, 6) is 0.368. The molecule has 0 spiro atoms. The number of nitrogens with zero attached hydrogens (tertiary/aromatic N) is 2. The van der Waals surface area contributed by atoms with Gasteiger partial charge in [-0.3, -0.25) is 4.79 Å². The molecule has 0 bridgehead atoms. The van der Waals surface area contributed by atoms with Crippen molar-refractivity contribution in [3.63, 3.8) is 0 Å². The number of carbonyl (C=O) groups excluding carboxylic acids is 1. The van der Waals surface area contributed by atoms with E-state index in [1.165, 1.54) is 6.07 Å². The third-order valence-corrected chi connectivity index (χ3v) is 3.92. The van der Waals surface area contributed by atoms with E-state index in [4.69, 9.17) is 11.6 Å². The largest absolute Gasteiger partial charge is 0.368 e. The summed E-state index contributed by atoms with van der Waals surface area (Å²) in [6.45, 7) is 0.520. The van der Waals surface area contributed by atoms with Gasteiger partial charge in [0.2, 0.25) is 0 Å². The predicted molar refractivity (Wildman–Crippen MR) is 100 cm³/mol. The lowest BCUT2D eigenvalue weighted by molar-refractivity contribution is 0.102. The van der Waals surface area contributed by atoms with Gasteiger partial charge in [-0.05, 0) is 54.4 Å². The van der Waals surface area contributed by atoms with E-state index >= 15 is 0 Å². The van der Waals surface area contributed by atoms with Crippen LogP contribution in [0.2, 0.25) is 5.02 Å². The average Bonchev–Trinajstić information content (AvgIpc) is 2.65. The van der Waals surface area contributed by atoms with Gasteiger partial charge in [-0.2, -0.15) is 0 Å². The van der Waals surface area contributed by atoms with Crippen LogP contribution in [0.3, 0.4) is 0 Å². The van der Waals surface area contributed by atoms with Gasteiger partial charge < -0.3 is 10.6 Å². The Bertz CT molecular complexity index is 885. The minimum Gasteiger partial charge on any atom is -0.368 e. The standard InChI is InChI=1S/C19H16ClFN4O/c20-15-7-5-14(6-8-15)19(26)23-18-10-9-17(24-25-18)22-12-11-13-3-1-2-4-16(13)21/h1-10H,11-12H2,(H,22,24)(H,23,25,26). The minimum atomic E-state index is -0.295. The fourth-order valence-electron chi connectivity index (χ4n) is 2.31. The number of halogens is 2. The second-order valence-electron chi connectivity index (χ2n) is 5.53. The molecule has 0 radical (unpaired) electrons. The average molecular weight is 371 g/mol. The van der Waals surface area contributed by atoms with Crippen LogP contribution < -0.4 is 10.6 Å². The van der Waals surface area contributed by atoms with Crippen molar-refractivity contribution in [1.29, 1.82) is 0 Å². The molecule has 1 amide bonds. The maximum atomic E-state index is 13.5. The smallest absolute Gasteiger partial charge is 0.256 e. The maximum Gasteiger partial charge on any atom is 0.256 e. The summed E-state index contributed by atoms with van der Waals surface area (Å²) in [4.78, 5) is 12.1. The molecule has 5 nitrogen and oxygen atoms in total. The van der Waals surface area contributed by atoms with Gasteiger partial charge in [-0.15, -0.1) is 10.2 Å². The van der Waals surface area contributed by atoms with Crippen molar-refractivity contribution in [1.82, 2.24) is 10.2 Å². The lowest BCUT2D eigenvalue weighted by atomic mass is 10.1. The normalized spacial score (nSPS) is 10.4. The SMILES string of the molecule is O=C(Nc1ccc(NCCc2ccccc2F)nn1)c1ccc(Cl)cc1. The summed E-state index contributed by atoms with van der Waals surface area (Å²) >= 11 is 5.80. The van der Waals surface area contributed by atoms with Crippen LogP contribution in [0.4, 0.5) is 16.0 Å². The molecule has 0 saturated heterocycles. The van der Waals surface area contributed by atoms with Gasteiger partial charge in [0, 0.05) is 17.1 Å². The van der Waals surface area contributed by atoms with Crippen LogP contribution in [0.15, 0.2) is 60.7 Å². The van der Waals surface area contributed by atoms with E-state index in [1.54, 1.807) is 54.6 Å². The molecule has 3 rings (SSSR count). The van der Waals surface area contributed by atoms with Crippen molar-refractivity contribution in [2.45, 2.75) is 6.42 Å². The molecule has 132 valence electrons. The molecule has 3 aromatic rings. The van der Waals surface area contributed by atoms with Gasteiger partial charge in [0.15, 0.2) is 5.82 Å². The summed E-state index contributed by atoms with van der Waals surface area (Å²) < 4.78 is 13.5. The van der Waals surface area contributed by atoms with E-state index in [2.05, 4.69) is 20.8 Å². The first-order valence-electron chi connectivity index (χ1n) is 8.00. The van der Waals surface area contributed by atoms with Gasteiger partial charge in [-0.1, -0.05) is 29.8 Å². The summed E-state index contributed by atoms with van der Waals surface area (Å²) in [7, 11) is 0. The molecule has 0 fully saturated rings. The highest BCUT2D eigenvalue weighted by Crippen LogP contribution is 2.12. The molecule has 1 heterocycles. The molecule has 0 unspecified atom stereocenters. The third kappa shape index (κ3) is 4.77. The van der Waals surface area contributed by atoms with Crippen LogP contribution in [0.25, 0.3) is 0 Å². The number of amides is 1. The quantitative estimate of drug-likeness (QED) is 0.683. The third-order valence-electron chi connectivity index (χ3n) is 3.67. The minimum absolute atomic E-state index is 0.222. The Balaban J connectivity index is 1.52. The predicted octanol–water partition coefficient (Wildman–Crippen LogP) is 4.18. The Morgan fingerprint density at radius 1 is 0.962 bits per heavy atom. The van der Waals surface area contributed by atoms with Crippen molar-refractivity contribution in [3.05, 3.63) is 82.6 Å². The van der Waals surface area contributed by atoms with E-state index in [0.717, 1.165) is 0 Å². The Hall–Kier alpha value is -2.99. The van der Waals surface area contributed by atoms with Crippen molar-refractivity contribution in [2.24, 2.45) is 0 Å². The molecule has 7 heteroatoms. The first kappa shape index (κ1) is 17.8. The van der Waals surface area contributed by atoms with Crippen molar-refractivity contribution >= 4 is 29.1 Å². The highest BCUT2D eigenvalue weighted by molar-refractivity contribution is 6.30. The molecule has 0 aliphatic heterocycles. The van der Waals surface area contributed by atoms with Crippen LogP contribution >= 0.6 is 11.6 Å². The maximum absolute atomic E-state index is 13.5. The molecule has 0 aliphatic rings. The van der Waals surface area contributed by atoms with Crippen molar-refractivity contribution in [3.8, 4) is 0 Å². The van der Waals surface area contributed by atoms with Crippen LogP contribution in [0.1, 0.15) is 15.9 Å². The number of hydrogen-bond donors (Lipinski definition) is 2. The molecular formula is C19H16ClFN4O. The van der Waals surface area contributed by atoms with E-state index in [9.17, 15) is 9.18 Å². The zero-order valence-corrected chi connectivity index (χ0v) is 14.5. The number of carbonyl (C=O) groups is 1. The van der Waals surface area contributed by atoms with Crippen LogP contribution in [-0.4, -0.2) is 22.6 Å². The van der Waals surface area contributed by atoms with Gasteiger partial charge in [0.1, 0.15) is 11.6 Å². The topological polar surface area (TPSA) is 66.9 Å². The van der Waals surface area contributed by atoms with E-state index in [-0.39, 0.29) is 11.7 Å². The highest BCUT2D eigenvalue weighted by Gasteiger charge is 2.07. The van der Waals surface area contributed by atoms with Crippen molar-refractivity contribution < 1.29 is 9.18 Å². The molecule has 0 atom stereocenters. The molecule has 2 N–H and O–H groups in total. The van der Waals surface area contributed by atoms with Gasteiger partial charge in [0.05, 0.1) is 0 Å². The second kappa shape index (κ2) is 8.40. The van der Waals surface area contributed by atoms with Crippen LogP contribution in [-0.2, 0) is 6.42 Å². The Kier molecular flexibility index (Phi) is 5.76. The second-order valence-corrected chi connectivity index (χ2v) is 5.97. The fourth-order valence-corrected chi connectivity index (χ4v) is 2.44. The molecule has 0 aliphatic carbocycles. The van der Waals surface area contributed by atoms with E-state index in [1.807, 2.05) is 0 Å². The number of hydrogen-bond acceptors (Lipinski definition) is 4. The summed E-state index contributed by atoms with van der Waals surface area (Å²) in [5, 5.41) is 14.3. The highest BCUT2D eigenvalue weighted by atomic mass is 35.5. The number of rotatable bonds is 6. The number of nitrogens with one attached hydrogen (secondary N) is 2. The summed E-state index contributed by atoms with van der Waals surface area (Å²) in [5.41, 5.74) is 1.11. The molecule has 26 heavy (non-hydrogen) atoms. The Morgan fingerprint density at radius 2 is 1.65 bits per heavy atom. The van der Waals surface area contributed by atoms with Gasteiger partial charge in [-0.25, -0.2) is 4.39 Å². The number of aromatic nitrogens is 2. The first-order chi connectivity index (χ1) is 12.6. The van der Waals surface area contributed by atoms with E-state index in [0.29, 0.717) is 40.8 Å². The lowest BCUT2D eigenvalue weighted by Gasteiger charge is -2.07. The zero-order valence-electron chi connectivity index (χ0n) is 13.7. The van der Waals surface area contributed by atoms with Gasteiger partial charge >= 0.3 is 0 Å². The summed E-state index contributed by atoms with van der Waals surface area (Å²) in [6.07, 6.45) is 0.531. The Morgan fingerprint density at radius 3 is 2.35 bits per heavy atom.